The third-order valence-electron chi connectivity index (χ3n) is 3.01. The molecule has 0 unspecified atom stereocenters. The summed E-state index contributed by atoms with van der Waals surface area (Å²) in [6.45, 7) is 0.407. The molecule has 0 spiro atoms. The second kappa shape index (κ2) is 7.88. The van der Waals surface area contributed by atoms with Gasteiger partial charge in [0.25, 0.3) is 11.4 Å². The van der Waals surface area contributed by atoms with Crippen molar-refractivity contribution in [2.45, 2.75) is 25.3 Å². The highest BCUT2D eigenvalue weighted by molar-refractivity contribution is 5.79. The molecular formula is C12H17N5O5. The van der Waals surface area contributed by atoms with Gasteiger partial charge in [-0.05, 0) is 25.3 Å². The Bertz CT molecular complexity index is 577. The summed E-state index contributed by atoms with van der Waals surface area (Å²) < 4.78 is 0. The summed E-state index contributed by atoms with van der Waals surface area (Å²) in [6, 6.07) is 2.70. The number of nitrogens with two attached hydrogens (primary N) is 2. The van der Waals surface area contributed by atoms with E-state index in [1.807, 2.05) is 0 Å². The Labute approximate surface area is 125 Å². The van der Waals surface area contributed by atoms with Crippen LogP contribution in [0.3, 0.4) is 0 Å². The van der Waals surface area contributed by atoms with Crippen LogP contribution in [-0.4, -0.2) is 28.3 Å². The van der Waals surface area contributed by atoms with Crippen LogP contribution < -0.4 is 16.8 Å². The summed E-state index contributed by atoms with van der Waals surface area (Å²) in [6.07, 6.45) is 1.67. The molecule has 1 aromatic carbocycles. The van der Waals surface area contributed by atoms with Gasteiger partial charge < -0.3 is 16.8 Å². The zero-order chi connectivity index (χ0) is 16.7. The second-order valence-electron chi connectivity index (χ2n) is 4.65. The fraction of sp³-hybridized carbons (Fsp3) is 0.417. The number of nitrogens with zero attached hydrogens (tertiary/aromatic N) is 2. The van der Waals surface area contributed by atoms with E-state index >= 15 is 0 Å². The lowest BCUT2D eigenvalue weighted by Gasteiger charge is -2.09. The maximum Gasteiger partial charge on any atom is 0.299 e. The zero-order valence-electron chi connectivity index (χ0n) is 11.7. The lowest BCUT2D eigenvalue weighted by molar-refractivity contribution is -0.393. The molecule has 22 heavy (non-hydrogen) atoms. The number of nitrogens with one attached hydrogen (secondary N) is 1. The Morgan fingerprint density at radius 3 is 2.45 bits per heavy atom. The molecule has 0 aliphatic heterocycles. The number of non-ortho nitro benzene ring substituents is 1. The summed E-state index contributed by atoms with van der Waals surface area (Å²) in [5.41, 5.74) is 10.00. The summed E-state index contributed by atoms with van der Waals surface area (Å²) in [5, 5.41) is 24.4. The number of benzene rings is 1. The van der Waals surface area contributed by atoms with E-state index in [9.17, 15) is 25.0 Å². The van der Waals surface area contributed by atoms with Gasteiger partial charge in [0.1, 0.15) is 5.69 Å². The van der Waals surface area contributed by atoms with Gasteiger partial charge in [-0.2, -0.15) is 0 Å². The van der Waals surface area contributed by atoms with E-state index in [2.05, 4.69) is 5.32 Å². The first kappa shape index (κ1) is 17.3. The topological polar surface area (TPSA) is 167 Å². The number of nitro benzene ring substituents is 2. The van der Waals surface area contributed by atoms with E-state index in [0.29, 0.717) is 25.8 Å². The quantitative estimate of drug-likeness (QED) is 0.345. The molecular weight excluding hydrogens is 294 g/mol. The highest BCUT2D eigenvalue weighted by Gasteiger charge is 2.19. The molecule has 0 fully saturated rings. The average molecular weight is 311 g/mol. The van der Waals surface area contributed by atoms with Crippen LogP contribution in [0.15, 0.2) is 18.2 Å². The summed E-state index contributed by atoms with van der Waals surface area (Å²) >= 11 is 0. The van der Waals surface area contributed by atoms with Crippen LogP contribution in [0.25, 0.3) is 0 Å². The molecule has 120 valence electrons. The van der Waals surface area contributed by atoms with Crippen LogP contribution in [-0.2, 0) is 4.79 Å². The fourth-order valence-electron chi connectivity index (χ4n) is 1.79. The van der Waals surface area contributed by atoms with Crippen molar-refractivity contribution in [2.24, 2.45) is 11.5 Å². The first-order valence-corrected chi connectivity index (χ1v) is 6.54. The SMILES string of the molecule is NC(=O)[C@@H](N)CCCCNc1ccc([N+](=O)[O-])cc1[N+](=O)[O-]. The maximum absolute atomic E-state index is 10.9. The van der Waals surface area contributed by atoms with Gasteiger partial charge in [-0.1, -0.05) is 0 Å². The largest absolute Gasteiger partial charge is 0.379 e. The number of primary amides is 1. The minimum Gasteiger partial charge on any atom is -0.379 e. The van der Waals surface area contributed by atoms with Gasteiger partial charge in [-0.3, -0.25) is 25.0 Å². The standard InChI is InChI=1S/C12H17N5O5/c13-9(12(14)18)3-1-2-6-15-10-5-4-8(16(19)20)7-11(10)17(21)22/h4-5,7,9,15H,1-3,6,13H2,(H2,14,18)/t9-/m0/s1. The number of hydrogen-bond donors (Lipinski definition) is 3. The van der Waals surface area contributed by atoms with E-state index < -0.39 is 21.8 Å². The fourth-order valence-corrected chi connectivity index (χ4v) is 1.79. The molecule has 0 radical (unpaired) electrons. The normalized spacial score (nSPS) is 11.7. The number of anilines is 1. The molecule has 0 bridgehead atoms. The monoisotopic (exact) mass is 311 g/mol. The lowest BCUT2D eigenvalue weighted by atomic mass is 10.1. The van der Waals surface area contributed by atoms with E-state index in [4.69, 9.17) is 11.5 Å². The average Bonchev–Trinajstić information content (AvgIpc) is 2.46. The third kappa shape index (κ3) is 4.98. The van der Waals surface area contributed by atoms with Gasteiger partial charge in [-0.15, -0.1) is 0 Å². The molecule has 0 saturated heterocycles. The first-order valence-electron chi connectivity index (χ1n) is 6.54. The maximum atomic E-state index is 10.9. The number of rotatable bonds is 9. The molecule has 1 atom stereocenters. The van der Waals surface area contributed by atoms with Crippen LogP contribution in [0.2, 0.25) is 0 Å². The van der Waals surface area contributed by atoms with E-state index in [1.54, 1.807) is 0 Å². The molecule has 5 N–H and O–H groups in total. The number of carbonyl (C=O) groups excluding carboxylic acids is 1. The number of nitro groups is 2. The zero-order valence-corrected chi connectivity index (χ0v) is 11.7. The van der Waals surface area contributed by atoms with Gasteiger partial charge in [-0.25, -0.2) is 0 Å². The number of carbonyl (C=O) groups is 1. The second-order valence-corrected chi connectivity index (χ2v) is 4.65. The smallest absolute Gasteiger partial charge is 0.299 e. The van der Waals surface area contributed by atoms with E-state index in [0.717, 1.165) is 6.07 Å². The Balaban J connectivity index is 2.57. The van der Waals surface area contributed by atoms with Gasteiger partial charge in [0.05, 0.1) is 22.0 Å². The molecule has 1 aromatic rings. The van der Waals surface area contributed by atoms with Crippen LogP contribution >= 0.6 is 0 Å². The summed E-state index contributed by atoms with van der Waals surface area (Å²) in [7, 11) is 0. The van der Waals surface area contributed by atoms with Crippen LogP contribution in [0.1, 0.15) is 19.3 Å². The van der Waals surface area contributed by atoms with Crippen LogP contribution in [0.4, 0.5) is 17.1 Å². The highest BCUT2D eigenvalue weighted by atomic mass is 16.6. The Hall–Kier alpha value is -2.75. The molecule has 0 heterocycles. The number of unbranched alkanes of at least 4 members (excludes halogenated alkanes) is 1. The van der Waals surface area contributed by atoms with Crippen molar-refractivity contribution < 1.29 is 14.6 Å². The molecule has 0 aliphatic carbocycles. The van der Waals surface area contributed by atoms with Crippen LogP contribution in [0, 0.1) is 20.2 Å². The minimum absolute atomic E-state index is 0.204. The van der Waals surface area contributed by atoms with E-state index in [1.165, 1.54) is 12.1 Å². The highest BCUT2D eigenvalue weighted by Crippen LogP contribution is 2.28. The van der Waals surface area contributed by atoms with Crippen molar-refractivity contribution in [3.8, 4) is 0 Å². The van der Waals surface area contributed by atoms with Crippen molar-refractivity contribution in [3.05, 3.63) is 38.4 Å². The predicted octanol–water partition coefficient (Wildman–Crippen LogP) is 0.898. The molecule has 10 heteroatoms. The Morgan fingerprint density at radius 1 is 1.23 bits per heavy atom. The van der Waals surface area contributed by atoms with Crippen molar-refractivity contribution in [1.82, 2.24) is 0 Å². The molecule has 0 aromatic heterocycles. The molecule has 1 rings (SSSR count). The molecule has 0 aliphatic rings. The first-order chi connectivity index (χ1) is 10.3. The predicted molar refractivity (Wildman–Crippen MR) is 79.3 cm³/mol. The van der Waals surface area contributed by atoms with E-state index in [-0.39, 0.29) is 17.1 Å². The van der Waals surface area contributed by atoms with Crippen molar-refractivity contribution in [1.29, 1.82) is 0 Å². The minimum atomic E-state index is -0.700. The van der Waals surface area contributed by atoms with Gasteiger partial charge in [0, 0.05) is 12.6 Å². The Kier molecular flexibility index (Phi) is 6.20. The number of amides is 1. The van der Waals surface area contributed by atoms with Gasteiger partial charge >= 0.3 is 0 Å². The van der Waals surface area contributed by atoms with Gasteiger partial charge in [0.2, 0.25) is 5.91 Å². The summed E-state index contributed by atoms with van der Waals surface area (Å²) in [5.74, 6) is -0.570. The van der Waals surface area contributed by atoms with Crippen molar-refractivity contribution >= 4 is 23.0 Å². The van der Waals surface area contributed by atoms with Crippen molar-refractivity contribution in [3.63, 3.8) is 0 Å². The number of hydrogen-bond acceptors (Lipinski definition) is 7. The lowest BCUT2D eigenvalue weighted by Crippen LogP contribution is -2.36. The third-order valence-corrected chi connectivity index (χ3v) is 3.01. The van der Waals surface area contributed by atoms with Crippen molar-refractivity contribution in [2.75, 3.05) is 11.9 Å². The molecule has 0 saturated carbocycles. The summed E-state index contributed by atoms with van der Waals surface area (Å²) in [4.78, 5) is 30.9. The Morgan fingerprint density at radius 2 is 1.91 bits per heavy atom. The molecule has 1 amide bonds. The van der Waals surface area contributed by atoms with Gasteiger partial charge in [0.15, 0.2) is 0 Å². The van der Waals surface area contributed by atoms with Crippen LogP contribution in [0.5, 0.6) is 0 Å². The molecule has 10 nitrogen and oxygen atoms in total.